The van der Waals surface area contributed by atoms with E-state index in [0.717, 1.165) is 33.4 Å². The Bertz CT molecular complexity index is 1140. The lowest BCUT2D eigenvalue weighted by Crippen LogP contribution is -2.51. The molecule has 0 radical (unpaired) electrons. The van der Waals surface area contributed by atoms with Crippen molar-refractivity contribution in [1.29, 1.82) is 0 Å². The monoisotopic (exact) mass is 544 g/mol. The minimum absolute atomic E-state index is 0.695. The number of methoxy groups -OCH3 is 2. The van der Waals surface area contributed by atoms with Gasteiger partial charge in [0.15, 0.2) is 17.4 Å². The fourth-order valence-corrected chi connectivity index (χ4v) is 4.87. The van der Waals surface area contributed by atoms with Gasteiger partial charge in [0, 0.05) is 12.3 Å². The molecule has 1 aliphatic carbocycles. The number of aromatic nitrogens is 2. The Kier molecular flexibility index (Phi) is 7.62. The first-order valence-corrected chi connectivity index (χ1v) is 11.3. The highest BCUT2D eigenvalue weighted by molar-refractivity contribution is 7.48. The second-order valence-electron chi connectivity index (χ2n) is 7.55. The molecule has 0 spiro atoms. The molecule has 17 nitrogen and oxygen atoms in total. The summed E-state index contributed by atoms with van der Waals surface area (Å²) in [6, 6.07) is 0.920. The maximum Gasteiger partial charge on any atom is 0.510 e. The van der Waals surface area contributed by atoms with Gasteiger partial charge in [-0.25, -0.2) is 32.4 Å². The smallest absolute Gasteiger partial charge is 0.438 e. The second kappa shape index (κ2) is 9.89. The molecule has 5 atom stereocenters. The van der Waals surface area contributed by atoms with Crippen LogP contribution in [-0.4, -0.2) is 89.5 Å². The van der Waals surface area contributed by atoms with Gasteiger partial charge in [-0.3, -0.25) is 18.9 Å². The average Bonchev–Trinajstić information content (AvgIpc) is 3.27. The predicted octanol–water partition coefficient (Wildman–Crippen LogP) is -0.723. The second-order valence-corrected chi connectivity index (χ2v) is 9.17. The number of H-pyrrole nitrogens is 1. The number of phosphoric acid groups is 1. The highest BCUT2D eigenvalue weighted by Gasteiger charge is 2.93. The van der Waals surface area contributed by atoms with Crippen LogP contribution in [0.25, 0.3) is 0 Å². The molecule has 1 saturated heterocycles. The summed E-state index contributed by atoms with van der Waals surface area (Å²) < 4.78 is 65.4. The topological polar surface area (TPSA) is 220 Å². The fourth-order valence-electron chi connectivity index (χ4n) is 3.73. The highest BCUT2D eigenvalue weighted by atomic mass is 31.2. The standard InChI is InChI=1S/C17H22FN2O15P/c1-15(25)11(20-5-4-9(21)19-12(20)22)34-16(6-18)10(17(15,16)26)35-36(27,32-7-30-13(23)28-2)33-8-31-14(24)29-3/h4-5,10-11,25-26H,6-8H2,1-3H3,(H,19,21,22)/t10?,11-,15+,16-,17+/m1/s1. The van der Waals surface area contributed by atoms with E-state index in [2.05, 4.69) is 18.9 Å². The quantitative estimate of drug-likeness (QED) is 0.188. The number of phosphoric ester groups is 1. The molecule has 1 aliphatic heterocycles. The maximum absolute atomic E-state index is 14.2. The van der Waals surface area contributed by atoms with Gasteiger partial charge in [-0.15, -0.1) is 0 Å². The van der Waals surface area contributed by atoms with Crippen LogP contribution in [0.3, 0.4) is 0 Å². The minimum atomic E-state index is -4.96. The number of rotatable bonds is 10. The molecular weight excluding hydrogens is 522 g/mol. The summed E-state index contributed by atoms with van der Waals surface area (Å²) in [5, 5.41) is 22.3. The SMILES string of the molecule is COC(=O)OCOP(=O)(OCOC(=O)OC)OC1[C@]2(O)[C@@](C)(O)[C@H](n3ccc(=O)[nH]c3=O)O[C@]12CF. The summed E-state index contributed by atoms with van der Waals surface area (Å²) in [5.74, 6) is 0. The lowest BCUT2D eigenvalue weighted by atomic mass is 9.94. The van der Waals surface area contributed by atoms with E-state index >= 15 is 0 Å². The summed E-state index contributed by atoms with van der Waals surface area (Å²) in [6.45, 7) is -2.75. The van der Waals surface area contributed by atoms with Gasteiger partial charge in [-0.1, -0.05) is 0 Å². The Hall–Kier alpha value is -2.86. The maximum atomic E-state index is 14.2. The Balaban J connectivity index is 1.85. The van der Waals surface area contributed by atoms with Crippen molar-refractivity contribution in [1.82, 2.24) is 9.55 Å². The molecule has 3 N–H and O–H groups in total. The molecule has 3 rings (SSSR count). The molecule has 1 aromatic rings. The lowest BCUT2D eigenvalue weighted by molar-refractivity contribution is -0.168. The molecule has 1 saturated carbocycles. The van der Waals surface area contributed by atoms with E-state index in [1.807, 2.05) is 4.98 Å². The van der Waals surface area contributed by atoms with E-state index in [1.165, 1.54) is 0 Å². The number of halogens is 1. The average molecular weight is 544 g/mol. The number of nitrogens with one attached hydrogen (secondary N) is 1. The number of hydrogen-bond donors (Lipinski definition) is 3. The van der Waals surface area contributed by atoms with Crippen molar-refractivity contribution in [3.05, 3.63) is 33.1 Å². The molecule has 0 aromatic carbocycles. The van der Waals surface area contributed by atoms with Crippen molar-refractivity contribution in [2.75, 3.05) is 34.5 Å². The van der Waals surface area contributed by atoms with Crippen molar-refractivity contribution in [2.24, 2.45) is 0 Å². The van der Waals surface area contributed by atoms with E-state index in [-0.39, 0.29) is 0 Å². The number of ether oxygens (including phenoxy) is 5. The van der Waals surface area contributed by atoms with Crippen LogP contribution >= 0.6 is 7.82 Å². The third-order valence-electron chi connectivity index (χ3n) is 5.58. The van der Waals surface area contributed by atoms with Gasteiger partial charge in [0.05, 0.1) is 14.2 Å². The molecule has 2 fully saturated rings. The van der Waals surface area contributed by atoms with Crippen LogP contribution in [0.1, 0.15) is 13.2 Å². The Morgan fingerprint density at radius 3 is 2.17 bits per heavy atom. The molecule has 0 amide bonds. The Morgan fingerprint density at radius 2 is 1.72 bits per heavy atom. The van der Waals surface area contributed by atoms with Crippen LogP contribution in [0, 0.1) is 0 Å². The van der Waals surface area contributed by atoms with E-state index < -0.39 is 80.8 Å². The number of alkyl halides is 1. The van der Waals surface area contributed by atoms with Gasteiger partial charge in [0.25, 0.3) is 5.56 Å². The Morgan fingerprint density at radius 1 is 1.17 bits per heavy atom. The molecule has 2 aliphatic rings. The predicted molar refractivity (Wildman–Crippen MR) is 107 cm³/mol. The van der Waals surface area contributed by atoms with Crippen molar-refractivity contribution >= 4 is 20.1 Å². The van der Waals surface area contributed by atoms with Crippen LogP contribution in [0.2, 0.25) is 0 Å². The lowest BCUT2D eigenvalue weighted by Gasteiger charge is -2.33. The van der Waals surface area contributed by atoms with E-state index in [4.69, 9.17) is 18.3 Å². The summed E-state index contributed by atoms with van der Waals surface area (Å²) in [7, 11) is -3.03. The molecule has 36 heavy (non-hydrogen) atoms. The molecule has 202 valence electrons. The Labute approximate surface area is 200 Å². The van der Waals surface area contributed by atoms with Crippen molar-refractivity contribution < 1.29 is 66.0 Å². The third kappa shape index (κ3) is 4.52. The first-order valence-electron chi connectivity index (χ1n) is 9.81. The number of carbonyl (C=O) groups is 2. The summed E-state index contributed by atoms with van der Waals surface area (Å²) in [5.41, 5.74) is -9.34. The fraction of sp³-hybridized carbons (Fsp3) is 0.647. The van der Waals surface area contributed by atoms with Crippen LogP contribution in [0.4, 0.5) is 14.0 Å². The summed E-state index contributed by atoms with van der Waals surface area (Å²) in [6.07, 6.45) is -5.23. The minimum Gasteiger partial charge on any atom is -0.438 e. The number of aliphatic hydroxyl groups is 2. The van der Waals surface area contributed by atoms with E-state index in [0.29, 0.717) is 4.57 Å². The largest absolute Gasteiger partial charge is 0.510 e. The first-order chi connectivity index (χ1) is 16.8. The molecule has 2 heterocycles. The number of fused-ring (bicyclic) bond motifs is 1. The zero-order valence-corrected chi connectivity index (χ0v) is 19.8. The molecule has 1 unspecified atom stereocenters. The molecule has 1 aromatic heterocycles. The summed E-state index contributed by atoms with van der Waals surface area (Å²) >= 11 is 0. The van der Waals surface area contributed by atoms with Gasteiger partial charge in [-0.2, -0.15) is 0 Å². The van der Waals surface area contributed by atoms with Crippen LogP contribution < -0.4 is 11.2 Å². The van der Waals surface area contributed by atoms with Gasteiger partial charge >= 0.3 is 25.8 Å². The van der Waals surface area contributed by atoms with Gasteiger partial charge in [0.1, 0.15) is 18.4 Å². The van der Waals surface area contributed by atoms with Crippen LogP contribution in [0.5, 0.6) is 0 Å². The van der Waals surface area contributed by atoms with Gasteiger partial charge in [0.2, 0.25) is 13.6 Å². The normalized spacial score (nSPS) is 30.8. The van der Waals surface area contributed by atoms with Crippen molar-refractivity contribution in [2.45, 2.75) is 36.1 Å². The zero-order chi connectivity index (χ0) is 26.9. The van der Waals surface area contributed by atoms with Crippen molar-refractivity contribution in [3.8, 4) is 0 Å². The van der Waals surface area contributed by atoms with Gasteiger partial charge < -0.3 is 33.9 Å². The summed E-state index contributed by atoms with van der Waals surface area (Å²) in [4.78, 5) is 47.6. The number of carbonyl (C=O) groups excluding carboxylic acids is 2. The van der Waals surface area contributed by atoms with E-state index in [9.17, 15) is 38.3 Å². The molecule has 19 heteroatoms. The van der Waals surface area contributed by atoms with Crippen molar-refractivity contribution in [3.63, 3.8) is 0 Å². The van der Waals surface area contributed by atoms with Crippen LogP contribution in [0.15, 0.2) is 21.9 Å². The third-order valence-corrected chi connectivity index (χ3v) is 6.90. The van der Waals surface area contributed by atoms with Crippen LogP contribution in [-0.2, 0) is 41.8 Å². The van der Waals surface area contributed by atoms with Gasteiger partial charge in [-0.05, 0) is 6.92 Å². The first kappa shape index (κ1) is 27.7. The number of nitrogens with zero attached hydrogens (tertiary/aromatic N) is 1. The molecular formula is C17H22FN2O15P. The molecule has 0 bridgehead atoms. The number of hydrogen-bond acceptors (Lipinski definition) is 15. The zero-order valence-electron chi connectivity index (χ0n) is 18.9. The highest BCUT2D eigenvalue weighted by Crippen LogP contribution is 2.71. The van der Waals surface area contributed by atoms with E-state index in [1.54, 1.807) is 0 Å². The number of aromatic amines is 1.